The van der Waals surface area contributed by atoms with Crippen molar-refractivity contribution in [3.05, 3.63) is 29.3 Å². The number of nitrogens with two attached hydrogens (primary N) is 1. The molecule has 0 heterocycles. The molecule has 0 saturated heterocycles. The molecule has 0 spiro atoms. The molecule has 19 heavy (non-hydrogen) atoms. The van der Waals surface area contributed by atoms with Crippen LogP contribution in [0.3, 0.4) is 0 Å². The molecule has 1 aromatic carbocycles. The summed E-state index contributed by atoms with van der Waals surface area (Å²) < 4.78 is 0. The van der Waals surface area contributed by atoms with Gasteiger partial charge in [-0.05, 0) is 49.9 Å². The Bertz CT molecular complexity index is 447. The first kappa shape index (κ1) is 14.7. The average molecular weight is 299 g/mol. The Balaban J connectivity index is 1.82. The van der Waals surface area contributed by atoms with Gasteiger partial charge in [0.2, 0.25) is 5.91 Å². The Hall–Kier alpha value is -0.710. The van der Waals surface area contributed by atoms with E-state index in [1.54, 1.807) is 0 Å². The van der Waals surface area contributed by atoms with E-state index >= 15 is 0 Å². The smallest absolute Gasteiger partial charge is 0.230 e. The van der Waals surface area contributed by atoms with Crippen LogP contribution in [0.2, 0.25) is 5.02 Å². The minimum absolute atomic E-state index is 0.0415. The predicted molar refractivity (Wildman–Crippen MR) is 80.5 cm³/mol. The van der Waals surface area contributed by atoms with E-state index in [0.717, 1.165) is 17.7 Å². The molecule has 2 rings (SSSR count). The summed E-state index contributed by atoms with van der Waals surface area (Å²) in [6.07, 6.45) is 2.33. The number of benzene rings is 1. The van der Waals surface area contributed by atoms with Gasteiger partial charge in [0, 0.05) is 16.5 Å². The van der Waals surface area contributed by atoms with Crippen LogP contribution in [-0.2, 0) is 4.79 Å². The van der Waals surface area contributed by atoms with Gasteiger partial charge in [0.15, 0.2) is 0 Å². The van der Waals surface area contributed by atoms with Gasteiger partial charge >= 0.3 is 0 Å². The highest BCUT2D eigenvalue weighted by molar-refractivity contribution is 8.00. The average Bonchev–Trinajstić information content (AvgIpc) is 3.22. The van der Waals surface area contributed by atoms with E-state index in [2.05, 4.69) is 5.32 Å². The highest BCUT2D eigenvalue weighted by Crippen LogP contribution is 2.39. The highest BCUT2D eigenvalue weighted by atomic mass is 35.5. The van der Waals surface area contributed by atoms with Crippen molar-refractivity contribution >= 4 is 29.3 Å². The van der Waals surface area contributed by atoms with Crippen LogP contribution < -0.4 is 11.1 Å². The number of rotatable bonds is 6. The SMILES string of the molecule is CC(CN)(NC(=O)CSc1ccc(Cl)cc1)C1CC1. The maximum Gasteiger partial charge on any atom is 0.230 e. The number of carbonyl (C=O) groups excluding carboxylic acids is 1. The van der Waals surface area contributed by atoms with E-state index in [1.807, 2.05) is 31.2 Å². The minimum atomic E-state index is -0.238. The van der Waals surface area contributed by atoms with Crippen molar-refractivity contribution in [3.8, 4) is 0 Å². The zero-order valence-corrected chi connectivity index (χ0v) is 12.6. The summed E-state index contributed by atoms with van der Waals surface area (Å²) in [5.74, 6) is 0.992. The number of carbonyl (C=O) groups is 1. The van der Waals surface area contributed by atoms with Gasteiger partial charge in [-0.25, -0.2) is 0 Å². The van der Waals surface area contributed by atoms with Crippen molar-refractivity contribution in [1.82, 2.24) is 5.32 Å². The monoisotopic (exact) mass is 298 g/mol. The van der Waals surface area contributed by atoms with Gasteiger partial charge < -0.3 is 11.1 Å². The van der Waals surface area contributed by atoms with Crippen molar-refractivity contribution < 1.29 is 4.79 Å². The molecule has 1 amide bonds. The lowest BCUT2D eigenvalue weighted by atomic mass is 9.96. The lowest BCUT2D eigenvalue weighted by Gasteiger charge is -2.29. The zero-order valence-electron chi connectivity index (χ0n) is 11.0. The molecule has 1 saturated carbocycles. The lowest BCUT2D eigenvalue weighted by Crippen LogP contribution is -2.53. The second-order valence-corrected chi connectivity index (χ2v) is 6.67. The molecule has 0 aromatic heterocycles. The molecule has 3 N–H and O–H groups in total. The third kappa shape index (κ3) is 4.13. The van der Waals surface area contributed by atoms with E-state index in [-0.39, 0.29) is 11.4 Å². The Labute approximate surface area is 123 Å². The van der Waals surface area contributed by atoms with Crippen LogP contribution in [0.1, 0.15) is 19.8 Å². The van der Waals surface area contributed by atoms with E-state index in [4.69, 9.17) is 17.3 Å². The van der Waals surface area contributed by atoms with Crippen LogP contribution in [0.15, 0.2) is 29.2 Å². The summed E-state index contributed by atoms with van der Waals surface area (Å²) in [7, 11) is 0. The molecule has 1 fully saturated rings. The number of amides is 1. The standard InChI is InChI=1S/C14H19ClN2OS/c1-14(9-16,10-2-3-10)17-13(18)8-19-12-6-4-11(15)5-7-12/h4-7,10H,2-3,8-9,16H2,1H3,(H,17,18). The van der Waals surface area contributed by atoms with Gasteiger partial charge in [-0.3, -0.25) is 4.79 Å². The topological polar surface area (TPSA) is 55.1 Å². The van der Waals surface area contributed by atoms with Gasteiger partial charge in [0.1, 0.15) is 0 Å². The molecule has 1 atom stereocenters. The summed E-state index contributed by atoms with van der Waals surface area (Å²) in [5.41, 5.74) is 5.55. The van der Waals surface area contributed by atoms with Crippen LogP contribution in [0, 0.1) is 5.92 Å². The number of hydrogen-bond donors (Lipinski definition) is 2. The molecule has 3 nitrogen and oxygen atoms in total. The van der Waals surface area contributed by atoms with Crippen LogP contribution in [-0.4, -0.2) is 23.7 Å². The maximum atomic E-state index is 12.0. The van der Waals surface area contributed by atoms with Gasteiger partial charge in [-0.2, -0.15) is 0 Å². The predicted octanol–water partition coefficient (Wildman–Crippen LogP) is 2.68. The van der Waals surface area contributed by atoms with Gasteiger partial charge in [-0.15, -0.1) is 11.8 Å². The molecular formula is C14H19ClN2OS. The second-order valence-electron chi connectivity index (χ2n) is 5.19. The fraction of sp³-hybridized carbons (Fsp3) is 0.500. The first-order valence-corrected chi connectivity index (χ1v) is 7.79. The first-order chi connectivity index (χ1) is 9.03. The molecule has 0 bridgehead atoms. The number of halogens is 1. The number of nitrogens with one attached hydrogen (secondary N) is 1. The van der Waals surface area contributed by atoms with Crippen molar-refractivity contribution in [2.45, 2.75) is 30.2 Å². The fourth-order valence-electron chi connectivity index (χ4n) is 2.07. The minimum Gasteiger partial charge on any atom is -0.349 e. The van der Waals surface area contributed by atoms with E-state index < -0.39 is 0 Å². The Kier molecular flexibility index (Phi) is 4.76. The largest absolute Gasteiger partial charge is 0.349 e. The van der Waals surface area contributed by atoms with Crippen LogP contribution in [0.25, 0.3) is 0 Å². The molecular weight excluding hydrogens is 280 g/mol. The van der Waals surface area contributed by atoms with E-state index in [9.17, 15) is 4.79 Å². The summed E-state index contributed by atoms with van der Waals surface area (Å²) in [5, 5.41) is 3.78. The summed E-state index contributed by atoms with van der Waals surface area (Å²) in [4.78, 5) is 13.0. The van der Waals surface area contributed by atoms with Crippen molar-refractivity contribution in [2.75, 3.05) is 12.3 Å². The normalized spacial score (nSPS) is 17.8. The maximum absolute atomic E-state index is 12.0. The fourth-order valence-corrected chi connectivity index (χ4v) is 2.90. The van der Waals surface area contributed by atoms with Gasteiger partial charge in [0.05, 0.1) is 11.3 Å². The molecule has 1 aliphatic rings. The highest BCUT2D eigenvalue weighted by Gasteiger charge is 2.41. The number of thioether (sulfide) groups is 1. The van der Waals surface area contributed by atoms with Crippen LogP contribution in [0.4, 0.5) is 0 Å². The molecule has 5 heteroatoms. The third-order valence-electron chi connectivity index (χ3n) is 3.51. The van der Waals surface area contributed by atoms with Gasteiger partial charge in [0.25, 0.3) is 0 Å². The lowest BCUT2D eigenvalue weighted by molar-refractivity contribution is -0.120. The van der Waals surface area contributed by atoms with Crippen LogP contribution >= 0.6 is 23.4 Å². The van der Waals surface area contributed by atoms with Gasteiger partial charge in [-0.1, -0.05) is 11.6 Å². The molecule has 1 unspecified atom stereocenters. The molecule has 0 radical (unpaired) electrons. The first-order valence-electron chi connectivity index (χ1n) is 6.43. The second kappa shape index (κ2) is 6.16. The molecule has 104 valence electrons. The number of hydrogen-bond acceptors (Lipinski definition) is 3. The third-order valence-corrected chi connectivity index (χ3v) is 4.77. The Morgan fingerprint density at radius 1 is 1.47 bits per heavy atom. The summed E-state index contributed by atoms with van der Waals surface area (Å²) in [6, 6.07) is 7.50. The van der Waals surface area contributed by atoms with E-state index in [0.29, 0.717) is 23.2 Å². The summed E-state index contributed by atoms with van der Waals surface area (Å²) >= 11 is 7.33. The van der Waals surface area contributed by atoms with E-state index in [1.165, 1.54) is 11.8 Å². The Morgan fingerprint density at radius 2 is 2.11 bits per heavy atom. The van der Waals surface area contributed by atoms with Crippen molar-refractivity contribution in [2.24, 2.45) is 11.7 Å². The molecule has 1 aromatic rings. The Morgan fingerprint density at radius 3 is 2.63 bits per heavy atom. The molecule has 0 aliphatic heterocycles. The summed E-state index contributed by atoms with van der Waals surface area (Å²) in [6.45, 7) is 2.53. The zero-order chi connectivity index (χ0) is 13.9. The molecule has 1 aliphatic carbocycles. The van der Waals surface area contributed by atoms with Crippen LogP contribution in [0.5, 0.6) is 0 Å². The van der Waals surface area contributed by atoms with Crippen molar-refractivity contribution in [1.29, 1.82) is 0 Å². The van der Waals surface area contributed by atoms with Crippen molar-refractivity contribution in [3.63, 3.8) is 0 Å². The quantitative estimate of drug-likeness (QED) is 0.794.